The molecule has 0 unspecified atom stereocenters. The lowest BCUT2D eigenvalue weighted by Crippen LogP contribution is -2.47. The number of allylic oxidation sites excluding steroid dienone is 2. The number of nitrogens with zero attached hydrogens (tertiary/aromatic N) is 1. The van der Waals surface area contributed by atoms with E-state index in [-0.39, 0.29) is 42.9 Å². The monoisotopic (exact) mass is 852 g/mol. The Morgan fingerprint density at radius 1 is 0.967 bits per heavy atom. The van der Waals surface area contributed by atoms with Crippen molar-refractivity contribution in [2.75, 3.05) is 49.2 Å². The Balaban J connectivity index is 2.45. The zero-order chi connectivity index (χ0) is 45.1. The number of fused-ring (bicyclic) bond motifs is 2. The number of aliphatic hydroxyl groups is 3. The van der Waals surface area contributed by atoms with Crippen LogP contribution < -0.4 is 0 Å². The molecule has 0 saturated carbocycles. The molecule has 0 aromatic rings. The first kappa shape index (κ1) is 53.3. The molecule has 0 aromatic carbocycles. The fourth-order valence-electron chi connectivity index (χ4n) is 8.66. The van der Waals surface area contributed by atoms with E-state index in [1.165, 1.54) is 18.1 Å². The van der Waals surface area contributed by atoms with Crippen LogP contribution in [0.25, 0.3) is 0 Å². The predicted octanol–water partition coefficient (Wildman–Crippen LogP) is 4.84. The molecule has 0 saturated heterocycles. The number of cyclic esters (lactones) is 1. The van der Waals surface area contributed by atoms with Gasteiger partial charge in [0.1, 0.15) is 11.9 Å². The third-order valence-corrected chi connectivity index (χ3v) is 12.6. The summed E-state index contributed by atoms with van der Waals surface area (Å²) < 4.78 is 42.1. The van der Waals surface area contributed by atoms with E-state index in [0.717, 1.165) is 0 Å². The molecule has 3 N–H and O–H groups in total. The normalized spacial score (nSPS) is 33.3. The second kappa shape index (κ2) is 27.3. The van der Waals surface area contributed by atoms with Crippen LogP contribution in [0.5, 0.6) is 0 Å². The third-order valence-electron chi connectivity index (χ3n) is 12.6. The number of hydrogen-bond acceptors (Lipinski definition) is 13. The van der Waals surface area contributed by atoms with Gasteiger partial charge in [-0.05, 0) is 25.7 Å². The summed E-state index contributed by atoms with van der Waals surface area (Å²) in [6, 6.07) is 0. The average Bonchev–Trinajstić information content (AvgIpc) is 3.24. The van der Waals surface area contributed by atoms with E-state index in [9.17, 15) is 29.7 Å². The average molecular weight is 852 g/mol. The molecule has 16 atom stereocenters. The molecule has 14 heteroatoms. The molecule has 14 nitrogen and oxygen atoms in total. The first-order valence-electron chi connectivity index (χ1n) is 21.4. The number of carbonyl (C=O) groups is 3. The van der Waals surface area contributed by atoms with Crippen LogP contribution in [-0.4, -0.2) is 149 Å². The molecular formula is C46H77NO13. The van der Waals surface area contributed by atoms with Gasteiger partial charge in [0.25, 0.3) is 0 Å². The Labute approximate surface area is 359 Å². The van der Waals surface area contributed by atoms with Gasteiger partial charge in [0.15, 0.2) is 0 Å². The number of Topliss-reactive ketones (excluding diaryl/α,β-unsaturated/α-hetero) is 1. The van der Waals surface area contributed by atoms with Crippen molar-refractivity contribution in [1.29, 1.82) is 0 Å². The SMILES string of the molecule is CO[C@H]([C@H](C)/C=C/N(C)C=O)[C@@H](C)C(=O)CC[C@H](C)[C@H](O)[C@H](C)[C@H]1OC(=O)/C=C/C(C)=C/[C@H](O)[C@H](OC)C[C@@H]2C=CC[C@@H](C[C@H](OC)[C@@H](CO)[C@@H](OC)C[C@@H](OC)[C@@H]1C)O2. The van der Waals surface area contributed by atoms with Crippen LogP contribution in [0.15, 0.2) is 48.2 Å². The smallest absolute Gasteiger partial charge is 0.331 e. The third kappa shape index (κ3) is 16.2. The van der Waals surface area contributed by atoms with Gasteiger partial charge in [0.05, 0.1) is 61.5 Å². The van der Waals surface area contributed by atoms with Gasteiger partial charge >= 0.3 is 5.97 Å². The summed E-state index contributed by atoms with van der Waals surface area (Å²) >= 11 is 0. The van der Waals surface area contributed by atoms with Gasteiger partial charge in [-0.3, -0.25) is 9.59 Å². The van der Waals surface area contributed by atoms with Crippen LogP contribution in [-0.2, 0) is 47.5 Å². The number of methoxy groups -OCH3 is 5. The number of esters is 1. The summed E-state index contributed by atoms with van der Waals surface area (Å²) in [5.41, 5.74) is 0.615. The number of ketones is 1. The second-order valence-corrected chi connectivity index (χ2v) is 16.9. The van der Waals surface area contributed by atoms with Crippen LogP contribution in [0.1, 0.15) is 80.1 Å². The topological polar surface area (TPSA) is 180 Å². The quantitative estimate of drug-likeness (QED) is 0.0971. The number of carbonyl (C=O) groups excluding carboxylic acids is 3. The zero-order valence-electron chi connectivity index (χ0n) is 38.2. The zero-order valence-corrected chi connectivity index (χ0v) is 38.2. The molecule has 2 aliphatic heterocycles. The molecule has 0 spiro atoms. The minimum absolute atomic E-state index is 0.0143. The van der Waals surface area contributed by atoms with Crippen molar-refractivity contribution < 1.29 is 62.9 Å². The van der Waals surface area contributed by atoms with Gasteiger partial charge in [-0.1, -0.05) is 70.6 Å². The van der Waals surface area contributed by atoms with Crippen molar-refractivity contribution in [2.45, 2.75) is 141 Å². The largest absolute Gasteiger partial charge is 0.458 e. The van der Waals surface area contributed by atoms with Crippen molar-refractivity contribution in [2.24, 2.45) is 35.5 Å². The number of aliphatic hydroxyl groups excluding tert-OH is 3. The highest BCUT2D eigenvalue weighted by molar-refractivity contribution is 5.82. The van der Waals surface area contributed by atoms with Crippen molar-refractivity contribution in [3.05, 3.63) is 48.2 Å². The van der Waals surface area contributed by atoms with Gasteiger partial charge in [-0.2, -0.15) is 0 Å². The standard InChI is InChI=1S/C46H77NO13/c1-28-16-19-43(52)60-46(33(6)44(53)29(2)17-18-37(50)31(4)45(58-12)30(3)20-21-47(7)27-49)32(5)39(54-8)25-41(56-10)36(26-48)40(55-9)23-34-14-13-15-35(59-34)24-42(57-11)38(51)22-28/h13,15-16,19-22,27,29-36,38-42,44-46,48,51,53H,14,17-18,23-26H2,1-12H3/b19-16+,21-20+,28-22+/t29-,30+,31-,32-,33-,34-,35-,36+,38-,39+,40-,41-,42+,44-,45+,46-/m0/s1. The van der Waals surface area contributed by atoms with Crippen molar-refractivity contribution in [3.8, 4) is 0 Å². The Bertz CT molecular complexity index is 1400. The number of amides is 1. The molecule has 344 valence electrons. The maximum Gasteiger partial charge on any atom is 0.331 e. The van der Waals surface area contributed by atoms with Crippen molar-refractivity contribution in [1.82, 2.24) is 4.90 Å². The molecule has 60 heavy (non-hydrogen) atoms. The van der Waals surface area contributed by atoms with Gasteiger partial charge in [-0.15, -0.1) is 0 Å². The lowest BCUT2D eigenvalue weighted by molar-refractivity contribution is -0.159. The first-order chi connectivity index (χ1) is 28.5. The number of ether oxygens (including phenoxy) is 7. The summed E-state index contributed by atoms with van der Waals surface area (Å²) in [7, 11) is 9.47. The highest BCUT2D eigenvalue weighted by Crippen LogP contribution is 2.34. The highest BCUT2D eigenvalue weighted by Gasteiger charge is 2.41. The summed E-state index contributed by atoms with van der Waals surface area (Å²) in [5.74, 6) is -3.15. The maximum absolute atomic E-state index is 13.6. The van der Waals surface area contributed by atoms with E-state index in [1.807, 2.05) is 46.8 Å². The van der Waals surface area contributed by atoms with E-state index in [4.69, 9.17) is 33.2 Å². The lowest BCUT2D eigenvalue weighted by atomic mass is 9.78. The van der Waals surface area contributed by atoms with Crippen LogP contribution in [0.4, 0.5) is 0 Å². The van der Waals surface area contributed by atoms with Crippen LogP contribution >= 0.6 is 0 Å². The fourth-order valence-corrected chi connectivity index (χ4v) is 8.66. The molecular weight excluding hydrogens is 774 g/mol. The summed E-state index contributed by atoms with van der Waals surface area (Å²) in [4.78, 5) is 39.5. The molecule has 2 rings (SSSR count). The van der Waals surface area contributed by atoms with Gasteiger partial charge in [-0.25, -0.2) is 4.79 Å². The van der Waals surface area contributed by atoms with Crippen molar-refractivity contribution >= 4 is 18.2 Å². The highest BCUT2D eigenvalue weighted by atomic mass is 16.6. The fraction of sp³-hybridized carbons (Fsp3) is 0.761. The number of hydrogen-bond donors (Lipinski definition) is 3. The Morgan fingerprint density at radius 3 is 2.18 bits per heavy atom. The van der Waals surface area contributed by atoms with Crippen molar-refractivity contribution in [3.63, 3.8) is 0 Å². The minimum atomic E-state index is -0.996. The molecule has 0 aliphatic carbocycles. The molecule has 2 aliphatic rings. The van der Waals surface area contributed by atoms with Gasteiger partial charge in [0.2, 0.25) is 6.41 Å². The van der Waals surface area contributed by atoms with Crippen LogP contribution in [0, 0.1) is 35.5 Å². The molecule has 0 radical (unpaired) electrons. The Kier molecular flexibility index (Phi) is 24.3. The van der Waals surface area contributed by atoms with E-state index in [2.05, 4.69) is 6.08 Å². The van der Waals surface area contributed by atoms with E-state index >= 15 is 0 Å². The molecule has 1 amide bonds. The predicted molar refractivity (Wildman–Crippen MR) is 229 cm³/mol. The molecule has 2 bridgehead atoms. The van der Waals surface area contributed by atoms with Gasteiger partial charge in [0, 0.05) is 110 Å². The van der Waals surface area contributed by atoms with E-state index < -0.39 is 78.5 Å². The summed E-state index contributed by atoms with van der Waals surface area (Å²) in [5, 5.41) is 33.8. The molecule has 0 fully saturated rings. The van der Waals surface area contributed by atoms with Crippen LogP contribution in [0.3, 0.4) is 0 Å². The minimum Gasteiger partial charge on any atom is -0.458 e. The summed E-state index contributed by atoms with van der Waals surface area (Å²) in [6.07, 6.45) is 9.18. The lowest BCUT2D eigenvalue weighted by Gasteiger charge is -2.39. The second-order valence-electron chi connectivity index (χ2n) is 16.9. The Morgan fingerprint density at radius 2 is 1.60 bits per heavy atom. The van der Waals surface area contributed by atoms with E-state index in [1.54, 1.807) is 60.8 Å². The first-order valence-corrected chi connectivity index (χ1v) is 21.4. The van der Waals surface area contributed by atoms with Gasteiger partial charge < -0.3 is 53.4 Å². The summed E-state index contributed by atoms with van der Waals surface area (Å²) in [6.45, 7) is 10.9. The maximum atomic E-state index is 13.6. The molecule has 2 heterocycles. The van der Waals surface area contributed by atoms with Crippen LogP contribution in [0.2, 0.25) is 0 Å². The Hall–Kier alpha value is -2.79. The van der Waals surface area contributed by atoms with E-state index in [0.29, 0.717) is 44.1 Å². The molecule has 0 aromatic heterocycles. The number of rotatable bonds is 18.